The van der Waals surface area contributed by atoms with Gasteiger partial charge in [0, 0.05) is 36.1 Å². The van der Waals surface area contributed by atoms with E-state index in [0.717, 1.165) is 22.6 Å². The standard InChI is InChI=1S/C21H28N4O3/c1-13-11-24(12-22-13)16-7-8-19-17(10-16)18(9-14(2)25(19)15(3)26)23-20(27)28-21(4,5)6/h7-8,10-12,14,18H,9H2,1-6H3,(H,23,27). The van der Waals surface area contributed by atoms with Crippen LogP contribution in [0.2, 0.25) is 0 Å². The van der Waals surface area contributed by atoms with E-state index in [4.69, 9.17) is 4.74 Å². The van der Waals surface area contributed by atoms with Crippen molar-refractivity contribution in [1.29, 1.82) is 0 Å². The first kappa shape index (κ1) is 19.9. The van der Waals surface area contributed by atoms with Crippen molar-refractivity contribution in [2.45, 2.75) is 65.6 Å². The number of benzene rings is 1. The van der Waals surface area contributed by atoms with Crippen LogP contribution in [0.25, 0.3) is 5.69 Å². The van der Waals surface area contributed by atoms with Crippen LogP contribution < -0.4 is 10.2 Å². The van der Waals surface area contributed by atoms with Gasteiger partial charge in [-0.05, 0) is 59.2 Å². The van der Waals surface area contributed by atoms with Crippen molar-refractivity contribution in [2.75, 3.05) is 4.90 Å². The summed E-state index contributed by atoms with van der Waals surface area (Å²) in [7, 11) is 0. The van der Waals surface area contributed by atoms with E-state index < -0.39 is 11.7 Å². The van der Waals surface area contributed by atoms with Crippen LogP contribution in [0.5, 0.6) is 0 Å². The Morgan fingerprint density at radius 2 is 2.00 bits per heavy atom. The molecular weight excluding hydrogens is 356 g/mol. The molecule has 2 unspecified atom stereocenters. The van der Waals surface area contributed by atoms with E-state index in [1.165, 1.54) is 0 Å². The van der Waals surface area contributed by atoms with Gasteiger partial charge in [-0.25, -0.2) is 9.78 Å². The number of nitrogens with zero attached hydrogens (tertiary/aromatic N) is 3. The van der Waals surface area contributed by atoms with E-state index in [0.29, 0.717) is 6.42 Å². The Balaban J connectivity index is 2.00. The van der Waals surface area contributed by atoms with Crippen LogP contribution in [0.4, 0.5) is 10.5 Å². The Labute approximate surface area is 165 Å². The molecule has 1 aliphatic heterocycles. The quantitative estimate of drug-likeness (QED) is 0.852. The molecule has 0 radical (unpaired) electrons. The number of imidazole rings is 1. The first-order valence-corrected chi connectivity index (χ1v) is 9.49. The summed E-state index contributed by atoms with van der Waals surface area (Å²) in [6, 6.07) is 5.60. The molecule has 7 heteroatoms. The molecule has 0 fully saturated rings. The van der Waals surface area contributed by atoms with Gasteiger partial charge in [0.25, 0.3) is 0 Å². The fraction of sp³-hybridized carbons (Fsp3) is 0.476. The fourth-order valence-corrected chi connectivity index (χ4v) is 3.64. The number of carbonyl (C=O) groups excluding carboxylic acids is 2. The minimum absolute atomic E-state index is 0.0179. The van der Waals surface area contributed by atoms with Crippen molar-refractivity contribution >= 4 is 17.7 Å². The van der Waals surface area contributed by atoms with Gasteiger partial charge < -0.3 is 19.5 Å². The van der Waals surface area contributed by atoms with Crippen molar-refractivity contribution < 1.29 is 14.3 Å². The number of aryl methyl sites for hydroxylation is 1. The average Bonchev–Trinajstić information content (AvgIpc) is 2.98. The zero-order valence-electron chi connectivity index (χ0n) is 17.3. The van der Waals surface area contributed by atoms with E-state index in [2.05, 4.69) is 10.3 Å². The number of aromatic nitrogens is 2. The van der Waals surface area contributed by atoms with Crippen LogP contribution in [0, 0.1) is 6.92 Å². The van der Waals surface area contributed by atoms with Crippen LogP contribution in [-0.2, 0) is 9.53 Å². The summed E-state index contributed by atoms with van der Waals surface area (Å²) >= 11 is 0. The number of hydrogen-bond donors (Lipinski definition) is 1. The van der Waals surface area contributed by atoms with Gasteiger partial charge in [0.15, 0.2) is 0 Å². The van der Waals surface area contributed by atoms with Gasteiger partial charge in [-0.3, -0.25) is 4.79 Å². The van der Waals surface area contributed by atoms with Crippen molar-refractivity contribution in [3.05, 3.63) is 42.0 Å². The number of rotatable bonds is 2. The maximum Gasteiger partial charge on any atom is 0.408 e. The molecule has 1 aromatic heterocycles. The van der Waals surface area contributed by atoms with E-state index in [-0.39, 0.29) is 18.0 Å². The molecule has 0 bridgehead atoms. The zero-order valence-corrected chi connectivity index (χ0v) is 17.3. The predicted molar refractivity (Wildman–Crippen MR) is 108 cm³/mol. The summed E-state index contributed by atoms with van der Waals surface area (Å²) in [5.41, 5.74) is 2.97. The number of fused-ring (bicyclic) bond motifs is 1. The summed E-state index contributed by atoms with van der Waals surface area (Å²) in [5, 5.41) is 2.98. The lowest BCUT2D eigenvalue weighted by atomic mass is 9.91. The third kappa shape index (κ3) is 4.18. The van der Waals surface area contributed by atoms with E-state index in [9.17, 15) is 9.59 Å². The van der Waals surface area contributed by atoms with Gasteiger partial charge >= 0.3 is 6.09 Å². The van der Waals surface area contributed by atoms with Gasteiger partial charge in [0.2, 0.25) is 5.91 Å². The lowest BCUT2D eigenvalue weighted by molar-refractivity contribution is -0.117. The summed E-state index contributed by atoms with van der Waals surface area (Å²) in [4.78, 5) is 30.7. The van der Waals surface area contributed by atoms with Crippen LogP contribution >= 0.6 is 0 Å². The number of ether oxygens (including phenoxy) is 1. The van der Waals surface area contributed by atoms with Crippen LogP contribution in [0.3, 0.4) is 0 Å². The van der Waals surface area contributed by atoms with Crippen molar-refractivity contribution in [1.82, 2.24) is 14.9 Å². The van der Waals surface area contributed by atoms with Crippen molar-refractivity contribution in [3.8, 4) is 5.69 Å². The Bertz CT molecular complexity index is 897. The molecule has 1 aromatic carbocycles. The molecular formula is C21H28N4O3. The summed E-state index contributed by atoms with van der Waals surface area (Å²) in [6.45, 7) is 11.0. The second kappa shape index (κ2) is 7.30. The molecule has 7 nitrogen and oxygen atoms in total. The van der Waals surface area contributed by atoms with Crippen LogP contribution in [0.15, 0.2) is 30.7 Å². The molecule has 3 rings (SSSR count). The molecule has 2 atom stereocenters. The van der Waals surface area contributed by atoms with Crippen LogP contribution in [0.1, 0.15) is 58.3 Å². The van der Waals surface area contributed by atoms with Crippen molar-refractivity contribution in [2.24, 2.45) is 0 Å². The highest BCUT2D eigenvalue weighted by Crippen LogP contribution is 2.38. The lowest BCUT2D eigenvalue weighted by Crippen LogP contribution is -2.46. The van der Waals surface area contributed by atoms with E-state index in [1.54, 1.807) is 18.2 Å². The molecule has 2 heterocycles. The molecule has 0 saturated carbocycles. The number of amides is 2. The number of hydrogen-bond acceptors (Lipinski definition) is 4. The predicted octanol–water partition coefficient (Wildman–Crippen LogP) is 3.89. The molecule has 2 amide bonds. The summed E-state index contributed by atoms with van der Waals surface area (Å²) < 4.78 is 7.36. The highest BCUT2D eigenvalue weighted by molar-refractivity contribution is 5.94. The fourth-order valence-electron chi connectivity index (χ4n) is 3.64. The molecule has 2 aromatic rings. The van der Waals surface area contributed by atoms with Gasteiger partial charge in [-0.1, -0.05) is 0 Å². The van der Waals surface area contributed by atoms with Gasteiger partial charge in [0.1, 0.15) is 5.60 Å². The Kier molecular flexibility index (Phi) is 5.19. The molecule has 0 spiro atoms. The SMILES string of the molecule is CC(=O)N1c2ccc(-n3cnc(C)c3)cc2C(NC(=O)OC(C)(C)C)CC1C. The first-order valence-electron chi connectivity index (χ1n) is 9.49. The minimum atomic E-state index is -0.575. The highest BCUT2D eigenvalue weighted by Gasteiger charge is 2.34. The summed E-state index contributed by atoms with van der Waals surface area (Å²) in [5.74, 6) is -0.0179. The largest absolute Gasteiger partial charge is 0.444 e. The molecule has 1 N–H and O–H groups in total. The number of alkyl carbamates (subject to hydrolysis) is 1. The lowest BCUT2D eigenvalue weighted by Gasteiger charge is -2.39. The maximum absolute atomic E-state index is 12.4. The van der Waals surface area contributed by atoms with Crippen molar-refractivity contribution in [3.63, 3.8) is 0 Å². The van der Waals surface area contributed by atoms with Gasteiger partial charge in [0.05, 0.1) is 18.1 Å². The smallest absolute Gasteiger partial charge is 0.408 e. The van der Waals surface area contributed by atoms with Crippen LogP contribution in [-0.4, -0.2) is 33.2 Å². The van der Waals surface area contributed by atoms with Gasteiger partial charge in [-0.2, -0.15) is 0 Å². The monoisotopic (exact) mass is 384 g/mol. The highest BCUT2D eigenvalue weighted by atomic mass is 16.6. The topological polar surface area (TPSA) is 76.5 Å². The minimum Gasteiger partial charge on any atom is -0.444 e. The first-order chi connectivity index (χ1) is 13.0. The van der Waals surface area contributed by atoms with Gasteiger partial charge in [-0.15, -0.1) is 0 Å². The molecule has 150 valence electrons. The van der Waals surface area contributed by atoms with E-state index in [1.807, 2.05) is 63.6 Å². The normalized spacial score (nSPS) is 19.1. The zero-order chi connectivity index (χ0) is 20.6. The third-order valence-corrected chi connectivity index (χ3v) is 4.70. The second-order valence-corrected chi connectivity index (χ2v) is 8.34. The third-order valence-electron chi connectivity index (χ3n) is 4.70. The molecule has 28 heavy (non-hydrogen) atoms. The Morgan fingerprint density at radius 3 is 2.57 bits per heavy atom. The number of nitrogens with one attached hydrogen (secondary N) is 1. The average molecular weight is 384 g/mol. The number of anilines is 1. The maximum atomic E-state index is 12.4. The number of carbonyl (C=O) groups is 2. The summed E-state index contributed by atoms with van der Waals surface area (Å²) in [6.07, 6.45) is 3.84. The molecule has 0 saturated heterocycles. The van der Waals surface area contributed by atoms with E-state index >= 15 is 0 Å². The second-order valence-electron chi connectivity index (χ2n) is 8.34. The Hall–Kier alpha value is -2.83. The molecule has 0 aliphatic carbocycles. The Morgan fingerprint density at radius 1 is 1.29 bits per heavy atom. The molecule has 1 aliphatic rings.